The molecule has 0 amide bonds. The van der Waals surface area contributed by atoms with Gasteiger partial charge in [0, 0.05) is 6.07 Å². The van der Waals surface area contributed by atoms with Crippen molar-refractivity contribution in [2.75, 3.05) is 6.61 Å². The molecule has 2 aromatic carbocycles. The van der Waals surface area contributed by atoms with Crippen molar-refractivity contribution in [1.29, 1.82) is 0 Å². The van der Waals surface area contributed by atoms with Crippen molar-refractivity contribution in [2.45, 2.75) is 20.0 Å². The van der Waals surface area contributed by atoms with Crippen molar-refractivity contribution in [3.05, 3.63) is 76.2 Å². The average Bonchev–Trinajstić information content (AvgIpc) is 2.60. The number of hydrogen-bond acceptors (Lipinski definition) is 4. The summed E-state index contributed by atoms with van der Waals surface area (Å²) in [6.07, 6.45) is -3.43. The second kappa shape index (κ2) is 7.42. The number of rotatable bonds is 5. The van der Waals surface area contributed by atoms with E-state index in [1.165, 1.54) is 24.3 Å². The highest BCUT2D eigenvalue weighted by Crippen LogP contribution is 2.38. The molecule has 0 unspecified atom stereocenters. The van der Waals surface area contributed by atoms with E-state index in [-0.39, 0.29) is 29.1 Å². The molecule has 1 heterocycles. The number of ether oxygens (including phenoxy) is 2. The van der Waals surface area contributed by atoms with E-state index in [1.54, 1.807) is 26.0 Å². The topological polar surface area (TPSA) is 48.7 Å². The van der Waals surface area contributed by atoms with E-state index in [1.807, 2.05) is 6.07 Å². The standard InChI is InChI=1S/C21H17F3O4/c1-4-7-26-14-5-6-16-17(11-14)28-20(21(22,23)24)19(18(16)25)27-15-9-12(2)8-13(3)10-15/h4-6,8-11H,1,7H2,2-3H3. The fourth-order valence-corrected chi connectivity index (χ4v) is 2.79. The van der Waals surface area contributed by atoms with Crippen molar-refractivity contribution < 1.29 is 27.1 Å². The Balaban J connectivity index is 2.18. The van der Waals surface area contributed by atoms with Crippen LogP contribution >= 0.6 is 0 Å². The Morgan fingerprint density at radius 2 is 1.75 bits per heavy atom. The molecule has 0 saturated carbocycles. The van der Waals surface area contributed by atoms with Gasteiger partial charge in [-0.3, -0.25) is 4.79 Å². The van der Waals surface area contributed by atoms with E-state index >= 15 is 0 Å². The zero-order chi connectivity index (χ0) is 20.5. The van der Waals surface area contributed by atoms with E-state index in [4.69, 9.17) is 13.9 Å². The van der Waals surface area contributed by atoms with Gasteiger partial charge in [-0.1, -0.05) is 18.7 Å². The minimum atomic E-state index is -4.92. The van der Waals surface area contributed by atoms with Crippen LogP contribution in [0.25, 0.3) is 11.0 Å². The molecular weight excluding hydrogens is 373 g/mol. The molecule has 0 aliphatic heterocycles. The highest BCUT2D eigenvalue weighted by Gasteiger charge is 2.40. The Hall–Kier alpha value is -3.22. The first-order valence-corrected chi connectivity index (χ1v) is 8.37. The first-order valence-electron chi connectivity index (χ1n) is 8.37. The van der Waals surface area contributed by atoms with Gasteiger partial charge in [-0.05, 0) is 49.2 Å². The van der Waals surface area contributed by atoms with Crippen LogP contribution in [0.5, 0.6) is 17.2 Å². The molecule has 0 radical (unpaired) electrons. The Labute approximate surface area is 158 Å². The number of fused-ring (bicyclic) bond motifs is 1. The van der Waals surface area contributed by atoms with Gasteiger partial charge in [-0.25, -0.2) is 0 Å². The van der Waals surface area contributed by atoms with Gasteiger partial charge in [0.1, 0.15) is 23.7 Å². The molecule has 0 bridgehead atoms. The second-order valence-electron chi connectivity index (χ2n) is 6.27. The van der Waals surface area contributed by atoms with Crippen molar-refractivity contribution in [1.82, 2.24) is 0 Å². The summed E-state index contributed by atoms with van der Waals surface area (Å²) in [5.74, 6) is -2.01. The summed E-state index contributed by atoms with van der Waals surface area (Å²) in [6, 6.07) is 8.97. The fraction of sp³-hybridized carbons (Fsp3) is 0.190. The molecule has 3 rings (SSSR count). The van der Waals surface area contributed by atoms with Crippen LogP contribution in [0.4, 0.5) is 13.2 Å². The third-order valence-corrected chi connectivity index (χ3v) is 3.86. The lowest BCUT2D eigenvalue weighted by molar-refractivity contribution is -0.154. The quantitative estimate of drug-likeness (QED) is 0.518. The maximum Gasteiger partial charge on any atom is 0.453 e. The van der Waals surface area contributed by atoms with Crippen LogP contribution in [-0.2, 0) is 6.18 Å². The van der Waals surface area contributed by atoms with E-state index in [2.05, 4.69) is 6.58 Å². The van der Waals surface area contributed by atoms with Crippen molar-refractivity contribution in [3.63, 3.8) is 0 Å². The van der Waals surface area contributed by atoms with Gasteiger partial charge in [0.2, 0.25) is 11.2 Å². The Morgan fingerprint density at radius 3 is 2.36 bits per heavy atom. The molecule has 0 N–H and O–H groups in total. The molecule has 7 heteroatoms. The van der Waals surface area contributed by atoms with Gasteiger partial charge in [0.05, 0.1) is 5.39 Å². The van der Waals surface area contributed by atoms with E-state index in [9.17, 15) is 18.0 Å². The predicted octanol–water partition coefficient (Wildman–Crippen LogP) is 5.79. The van der Waals surface area contributed by atoms with Crippen molar-refractivity contribution in [3.8, 4) is 17.2 Å². The van der Waals surface area contributed by atoms with Crippen molar-refractivity contribution in [2.24, 2.45) is 0 Å². The minimum absolute atomic E-state index is 0.0432. The number of halogens is 3. The van der Waals surface area contributed by atoms with Gasteiger partial charge in [0.25, 0.3) is 5.76 Å². The minimum Gasteiger partial charge on any atom is -0.489 e. The summed E-state index contributed by atoms with van der Waals surface area (Å²) in [5.41, 5.74) is 0.421. The molecule has 0 aliphatic rings. The zero-order valence-electron chi connectivity index (χ0n) is 15.2. The number of benzene rings is 2. The summed E-state index contributed by atoms with van der Waals surface area (Å²) in [4.78, 5) is 12.8. The normalized spacial score (nSPS) is 11.5. The monoisotopic (exact) mass is 390 g/mol. The van der Waals surface area contributed by atoms with Crippen LogP contribution in [-0.4, -0.2) is 6.61 Å². The molecule has 1 aromatic heterocycles. The molecular formula is C21H17F3O4. The summed E-state index contributed by atoms with van der Waals surface area (Å²) in [6.45, 7) is 7.21. The van der Waals surface area contributed by atoms with Gasteiger partial charge >= 0.3 is 6.18 Å². The lowest BCUT2D eigenvalue weighted by atomic mass is 10.1. The van der Waals surface area contributed by atoms with Crippen LogP contribution in [0, 0.1) is 13.8 Å². The predicted molar refractivity (Wildman–Crippen MR) is 99.2 cm³/mol. The molecule has 0 spiro atoms. The number of aryl methyl sites for hydroxylation is 2. The van der Waals surface area contributed by atoms with Crippen LogP contribution < -0.4 is 14.9 Å². The van der Waals surface area contributed by atoms with Crippen LogP contribution in [0.15, 0.2) is 58.3 Å². The summed E-state index contributed by atoms with van der Waals surface area (Å²) in [7, 11) is 0. The fourth-order valence-electron chi connectivity index (χ4n) is 2.79. The summed E-state index contributed by atoms with van der Waals surface area (Å²) < 4.78 is 56.4. The SMILES string of the molecule is C=CCOc1ccc2c(=O)c(Oc3cc(C)cc(C)c3)c(C(F)(F)F)oc2c1. The molecule has 0 aliphatic carbocycles. The molecule has 0 fully saturated rings. The van der Waals surface area contributed by atoms with E-state index in [0.717, 1.165) is 11.1 Å². The number of alkyl halides is 3. The molecule has 3 aromatic rings. The molecule has 0 atom stereocenters. The first kappa shape index (κ1) is 19.5. The largest absolute Gasteiger partial charge is 0.489 e. The first-order chi connectivity index (χ1) is 13.2. The number of hydrogen-bond donors (Lipinski definition) is 0. The molecule has 0 saturated heterocycles. The highest BCUT2D eigenvalue weighted by atomic mass is 19.4. The van der Waals surface area contributed by atoms with Gasteiger partial charge in [-0.2, -0.15) is 13.2 Å². The highest BCUT2D eigenvalue weighted by molar-refractivity contribution is 5.79. The third-order valence-electron chi connectivity index (χ3n) is 3.86. The molecule has 146 valence electrons. The smallest absolute Gasteiger partial charge is 0.453 e. The Bertz CT molecular complexity index is 1080. The van der Waals surface area contributed by atoms with Crippen LogP contribution in [0.1, 0.15) is 16.9 Å². The van der Waals surface area contributed by atoms with E-state index in [0.29, 0.717) is 0 Å². The Kier molecular flexibility index (Phi) is 5.18. The maximum absolute atomic E-state index is 13.6. The summed E-state index contributed by atoms with van der Waals surface area (Å²) in [5, 5.41) is -0.0432. The van der Waals surface area contributed by atoms with E-state index < -0.39 is 23.1 Å². The molecule has 4 nitrogen and oxygen atoms in total. The summed E-state index contributed by atoms with van der Waals surface area (Å²) >= 11 is 0. The van der Waals surface area contributed by atoms with Gasteiger partial charge in [0.15, 0.2) is 0 Å². The average molecular weight is 390 g/mol. The second-order valence-corrected chi connectivity index (χ2v) is 6.27. The van der Waals surface area contributed by atoms with Crippen molar-refractivity contribution >= 4 is 11.0 Å². The maximum atomic E-state index is 13.6. The Morgan fingerprint density at radius 1 is 1.07 bits per heavy atom. The lowest BCUT2D eigenvalue weighted by Gasteiger charge is -2.14. The molecule has 28 heavy (non-hydrogen) atoms. The van der Waals surface area contributed by atoms with Gasteiger partial charge < -0.3 is 13.9 Å². The lowest BCUT2D eigenvalue weighted by Crippen LogP contribution is -2.15. The van der Waals surface area contributed by atoms with Crippen LogP contribution in [0.3, 0.4) is 0 Å². The van der Waals surface area contributed by atoms with Crippen LogP contribution in [0.2, 0.25) is 0 Å². The zero-order valence-corrected chi connectivity index (χ0v) is 15.2. The van der Waals surface area contributed by atoms with Gasteiger partial charge in [-0.15, -0.1) is 0 Å². The third kappa shape index (κ3) is 4.03.